The van der Waals surface area contributed by atoms with Gasteiger partial charge in [-0.2, -0.15) is 0 Å². The van der Waals surface area contributed by atoms with Crippen molar-refractivity contribution >= 4 is 18.0 Å². The molecule has 0 fully saturated rings. The molecule has 5 nitrogen and oxygen atoms in total. The van der Waals surface area contributed by atoms with Crippen molar-refractivity contribution in [3.63, 3.8) is 0 Å². The molecule has 3 atom stereocenters. The van der Waals surface area contributed by atoms with Gasteiger partial charge in [-0.05, 0) is 32.6 Å². The SMILES string of the molecule is CCCCC[C@@H](O)/C=C/[C@@H](C=O)[C@H](C/C=C\CCCC(=O)O)C(C)=O. The molecule has 0 bridgehead atoms. The normalized spacial score (nSPS) is 15.3. The number of aliphatic hydroxyl groups is 1. The number of carbonyl (C=O) groups excluding carboxylic acids is 2. The zero-order chi connectivity index (χ0) is 19.1. The van der Waals surface area contributed by atoms with Gasteiger partial charge in [-0.15, -0.1) is 0 Å². The number of Topliss-reactive ketones (excluding diaryl/α,β-unsaturated/α-hetero) is 1. The van der Waals surface area contributed by atoms with Crippen LogP contribution in [0, 0.1) is 11.8 Å². The van der Waals surface area contributed by atoms with Gasteiger partial charge in [0.15, 0.2) is 0 Å². The smallest absolute Gasteiger partial charge is 0.303 e. The van der Waals surface area contributed by atoms with E-state index in [1.54, 1.807) is 12.2 Å². The van der Waals surface area contributed by atoms with Crippen molar-refractivity contribution in [2.75, 3.05) is 0 Å². The lowest BCUT2D eigenvalue weighted by Crippen LogP contribution is -2.21. The van der Waals surface area contributed by atoms with Crippen molar-refractivity contribution in [2.45, 2.75) is 71.3 Å². The third-order valence-corrected chi connectivity index (χ3v) is 4.12. The fraction of sp³-hybridized carbons (Fsp3) is 0.650. The molecule has 0 aliphatic heterocycles. The maximum absolute atomic E-state index is 11.8. The highest BCUT2D eigenvalue weighted by atomic mass is 16.4. The van der Waals surface area contributed by atoms with Crippen molar-refractivity contribution in [2.24, 2.45) is 11.8 Å². The summed E-state index contributed by atoms with van der Waals surface area (Å²) in [6, 6.07) is 0. The number of carboxylic acids is 1. The number of ketones is 1. The number of allylic oxidation sites excluding steroid dienone is 3. The van der Waals surface area contributed by atoms with E-state index in [1.165, 1.54) is 6.92 Å². The van der Waals surface area contributed by atoms with Crippen molar-refractivity contribution < 1.29 is 24.6 Å². The molecule has 0 amide bonds. The number of aldehydes is 1. The average Bonchev–Trinajstić information content (AvgIpc) is 2.55. The lowest BCUT2D eigenvalue weighted by Gasteiger charge is -2.16. The van der Waals surface area contributed by atoms with Crippen LogP contribution in [0.3, 0.4) is 0 Å². The molecule has 0 saturated carbocycles. The van der Waals surface area contributed by atoms with E-state index >= 15 is 0 Å². The fourth-order valence-corrected chi connectivity index (χ4v) is 2.56. The molecule has 142 valence electrons. The number of aliphatic hydroxyl groups excluding tert-OH is 1. The van der Waals surface area contributed by atoms with E-state index in [2.05, 4.69) is 6.92 Å². The maximum Gasteiger partial charge on any atom is 0.303 e. The van der Waals surface area contributed by atoms with Crippen molar-refractivity contribution in [1.29, 1.82) is 0 Å². The van der Waals surface area contributed by atoms with Crippen molar-refractivity contribution in [3.05, 3.63) is 24.3 Å². The summed E-state index contributed by atoms with van der Waals surface area (Å²) >= 11 is 0. The van der Waals surface area contributed by atoms with Gasteiger partial charge in [-0.1, -0.05) is 50.5 Å². The van der Waals surface area contributed by atoms with E-state index < -0.39 is 23.9 Å². The Labute approximate surface area is 150 Å². The third-order valence-electron chi connectivity index (χ3n) is 4.12. The minimum Gasteiger partial charge on any atom is -0.481 e. The van der Waals surface area contributed by atoms with Gasteiger partial charge in [-0.25, -0.2) is 0 Å². The van der Waals surface area contributed by atoms with Gasteiger partial charge < -0.3 is 15.0 Å². The molecule has 0 unspecified atom stereocenters. The van der Waals surface area contributed by atoms with E-state index in [1.807, 2.05) is 12.2 Å². The molecule has 0 aliphatic rings. The first-order valence-corrected chi connectivity index (χ1v) is 9.11. The van der Waals surface area contributed by atoms with Gasteiger partial charge in [0.2, 0.25) is 0 Å². The number of hydrogen-bond acceptors (Lipinski definition) is 4. The highest BCUT2D eigenvalue weighted by Crippen LogP contribution is 2.19. The summed E-state index contributed by atoms with van der Waals surface area (Å²) in [5.41, 5.74) is 0. The van der Waals surface area contributed by atoms with Crippen LogP contribution in [-0.4, -0.2) is 34.4 Å². The van der Waals surface area contributed by atoms with Crippen LogP contribution in [0.15, 0.2) is 24.3 Å². The summed E-state index contributed by atoms with van der Waals surface area (Å²) in [5, 5.41) is 18.5. The molecule has 0 rings (SSSR count). The van der Waals surface area contributed by atoms with Crippen LogP contribution in [-0.2, 0) is 14.4 Å². The number of hydrogen-bond donors (Lipinski definition) is 2. The Kier molecular flexibility index (Phi) is 13.6. The summed E-state index contributed by atoms with van der Waals surface area (Å²) in [5.74, 6) is -1.90. The topological polar surface area (TPSA) is 91.7 Å². The van der Waals surface area contributed by atoms with Gasteiger partial charge in [-0.3, -0.25) is 9.59 Å². The molecule has 25 heavy (non-hydrogen) atoms. The van der Waals surface area contributed by atoms with E-state index in [9.17, 15) is 19.5 Å². The molecule has 0 aromatic heterocycles. The standard InChI is InChI=1S/C20H32O5/c1-3-4-7-10-18(23)14-13-17(15-21)19(16(2)22)11-8-5-6-9-12-20(24)25/h5,8,13-15,17-19,23H,3-4,6-7,9-12H2,1-2H3,(H,24,25)/b8-5-,14-13+/t17-,18+,19+/m0/s1. The first kappa shape index (κ1) is 23.2. The molecule has 0 aliphatic carbocycles. The molecular weight excluding hydrogens is 320 g/mol. The van der Waals surface area contributed by atoms with E-state index in [0.717, 1.165) is 25.5 Å². The van der Waals surface area contributed by atoms with Crippen LogP contribution in [0.4, 0.5) is 0 Å². The first-order valence-electron chi connectivity index (χ1n) is 9.11. The van der Waals surface area contributed by atoms with Gasteiger partial charge in [0.05, 0.1) is 6.10 Å². The van der Waals surface area contributed by atoms with E-state index in [4.69, 9.17) is 5.11 Å². The van der Waals surface area contributed by atoms with Crippen LogP contribution in [0.2, 0.25) is 0 Å². The van der Waals surface area contributed by atoms with Crippen LogP contribution in [0.5, 0.6) is 0 Å². The quantitative estimate of drug-likeness (QED) is 0.266. The number of rotatable bonds is 15. The fourth-order valence-electron chi connectivity index (χ4n) is 2.56. The third kappa shape index (κ3) is 12.3. The van der Waals surface area contributed by atoms with Crippen LogP contribution >= 0.6 is 0 Å². The minimum absolute atomic E-state index is 0.0718. The number of aliphatic carboxylic acids is 1. The molecule has 5 heteroatoms. The lowest BCUT2D eigenvalue weighted by molar-refractivity contribution is -0.137. The highest BCUT2D eigenvalue weighted by molar-refractivity contribution is 5.82. The predicted octanol–water partition coefficient (Wildman–Crippen LogP) is 3.71. The molecule has 2 N–H and O–H groups in total. The van der Waals surface area contributed by atoms with Gasteiger partial charge in [0.25, 0.3) is 0 Å². The van der Waals surface area contributed by atoms with Gasteiger partial charge in [0.1, 0.15) is 12.1 Å². The summed E-state index contributed by atoms with van der Waals surface area (Å²) in [7, 11) is 0. The Hall–Kier alpha value is -1.75. The maximum atomic E-state index is 11.8. The largest absolute Gasteiger partial charge is 0.481 e. The Bertz CT molecular complexity index is 453. The summed E-state index contributed by atoms with van der Waals surface area (Å²) in [4.78, 5) is 33.6. The van der Waals surface area contributed by atoms with Crippen LogP contribution in [0.1, 0.15) is 65.2 Å². The lowest BCUT2D eigenvalue weighted by atomic mass is 9.86. The molecule has 0 aromatic rings. The number of carbonyl (C=O) groups is 3. The van der Waals surface area contributed by atoms with Gasteiger partial charge >= 0.3 is 5.97 Å². The zero-order valence-corrected chi connectivity index (χ0v) is 15.4. The summed E-state index contributed by atoms with van der Waals surface area (Å²) < 4.78 is 0. The van der Waals surface area contributed by atoms with E-state index in [0.29, 0.717) is 25.7 Å². The Morgan fingerprint density at radius 1 is 1.08 bits per heavy atom. The second-order valence-corrected chi connectivity index (χ2v) is 6.37. The molecule has 0 radical (unpaired) electrons. The van der Waals surface area contributed by atoms with Crippen molar-refractivity contribution in [3.8, 4) is 0 Å². The Morgan fingerprint density at radius 2 is 1.80 bits per heavy atom. The molecule has 0 aromatic carbocycles. The highest BCUT2D eigenvalue weighted by Gasteiger charge is 2.22. The molecular formula is C20H32O5. The van der Waals surface area contributed by atoms with Crippen molar-refractivity contribution in [1.82, 2.24) is 0 Å². The molecule has 0 spiro atoms. The molecule has 0 saturated heterocycles. The summed E-state index contributed by atoms with van der Waals surface area (Å²) in [6.45, 7) is 3.56. The zero-order valence-electron chi connectivity index (χ0n) is 15.4. The Morgan fingerprint density at radius 3 is 2.36 bits per heavy atom. The molecule has 0 heterocycles. The van der Waals surface area contributed by atoms with Gasteiger partial charge in [0, 0.05) is 18.3 Å². The predicted molar refractivity (Wildman–Crippen MR) is 98.3 cm³/mol. The summed E-state index contributed by atoms with van der Waals surface area (Å²) in [6.07, 6.45) is 12.6. The van der Waals surface area contributed by atoms with Crippen LogP contribution in [0.25, 0.3) is 0 Å². The number of unbranched alkanes of at least 4 members (excludes halogenated alkanes) is 3. The van der Waals surface area contributed by atoms with Crippen LogP contribution < -0.4 is 0 Å². The number of carboxylic acid groups (broad SMARTS) is 1. The minimum atomic E-state index is -0.821. The van der Waals surface area contributed by atoms with E-state index in [-0.39, 0.29) is 12.2 Å². The monoisotopic (exact) mass is 352 g/mol. The Balaban J connectivity index is 4.53. The second-order valence-electron chi connectivity index (χ2n) is 6.37. The first-order chi connectivity index (χ1) is 11.9. The second kappa shape index (κ2) is 14.6. The average molecular weight is 352 g/mol.